The van der Waals surface area contributed by atoms with Crippen LogP contribution >= 0.6 is 15.9 Å². The van der Waals surface area contributed by atoms with Crippen molar-refractivity contribution in [2.45, 2.75) is 6.92 Å². The summed E-state index contributed by atoms with van der Waals surface area (Å²) in [5.74, 6) is 0.985. The maximum absolute atomic E-state index is 4.60. The fraction of sp³-hybridized carbons (Fsp3) is 0.429. The molecule has 3 heterocycles. The molecule has 3 rings (SSSR count). The molecule has 1 fully saturated rings. The van der Waals surface area contributed by atoms with Gasteiger partial charge in [-0.25, -0.2) is 10.0 Å². The lowest BCUT2D eigenvalue weighted by atomic mass is 10.1. The van der Waals surface area contributed by atoms with Crippen molar-refractivity contribution >= 4 is 27.5 Å². The minimum absolute atomic E-state index is 0.855. The molecule has 1 saturated heterocycles. The molecule has 0 bridgehead atoms. The Labute approximate surface area is 127 Å². The maximum atomic E-state index is 4.60. The zero-order chi connectivity index (χ0) is 14.3. The SMILES string of the molecule is C=C1C=C2C(N3CCN(C)CC3)=NC=C(Br)N2N=C1C. The molecule has 5 nitrogen and oxygen atoms in total. The first-order chi connectivity index (χ1) is 9.56. The molecule has 0 aromatic rings. The van der Waals surface area contributed by atoms with E-state index in [1.165, 1.54) is 0 Å². The zero-order valence-electron chi connectivity index (χ0n) is 11.8. The number of piperazine rings is 1. The van der Waals surface area contributed by atoms with Gasteiger partial charge in [0, 0.05) is 26.2 Å². The highest BCUT2D eigenvalue weighted by molar-refractivity contribution is 9.11. The van der Waals surface area contributed by atoms with Gasteiger partial charge in [-0.1, -0.05) is 6.58 Å². The van der Waals surface area contributed by atoms with E-state index in [4.69, 9.17) is 0 Å². The van der Waals surface area contributed by atoms with E-state index in [9.17, 15) is 0 Å². The van der Waals surface area contributed by atoms with Gasteiger partial charge >= 0.3 is 0 Å². The van der Waals surface area contributed by atoms with Crippen LogP contribution in [0.15, 0.2) is 44.8 Å². The minimum atomic E-state index is 0.855. The Hall–Kier alpha value is -1.40. The molecule has 20 heavy (non-hydrogen) atoms. The monoisotopic (exact) mass is 335 g/mol. The molecule has 0 N–H and O–H groups in total. The Bertz CT molecular complexity index is 564. The first-order valence-corrected chi connectivity index (χ1v) is 7.49. The number of hydrogen-bond donors (Lipinski definition) is 0. The summed E-state index contributed by atoms with van der Waals surface area (Å²) in [6.07, 6.45) is 3.88. The number of allylic oxidation sites excluding steroid dienone is 2. The molecule has 0 aromatic heterocycles. The van der Waals surface area contributed by atoms with Crippen molar-refractivity contribution < 1.29 is 0 Å². The average Bonchev–Trinajstić information content (AvgIpc) is 2.43. The van der Waals surface area contributed by atoms with E-state index in [1.54, 1.807) is 0 Å². The summed E-state index contributed by atoms with van der Waals surface area (Å²) in [4.78, 5) is 9.25. The number of halogens is 1. The minimum Gasteiger partial charge on any atom is -0.352 e. The Morgan fingerprint density at radius 3 is 2.65 bits per heavy atom. The summed E-state index contributed by atoms with van der Waals surface area (Å²) >= 11 is 3.51. The highest BCUT2D eigenvalue weighted by Gasteiger charge is 2.29. The Balaban J connectivity index is 1.92. The van der Waals surface area contributed by atoms with Gasteiger partial charge in [0.25, 0.3) is 0 Å². The van der Waals surface area contributed by atoms with Crippen molar-refractivity contribution in [1.29, 1.82) is 0 Å². The number of rotatable bonds is 0. The second-order valence-electron chi connectivity index (χ2n) is 5.25. The highest BCUT2D eigenvalue weighted by atomic mass is 79.9. The van der Waals surface area contributed by atoms with E-state index >= 15 is 0 Å². The predicted octanol–water partition coefficient (Wildman–Crippen LogP) is 1.97. The second-order valence-corrected chi connectivity index (χ2v) is 6.06. The van der Waals surface area contributed by atoms with Crippen molar-refractivity contribution in [3.63, 3.8) is 0 Å². The quantitative estimate of drug-likeness (QED) is 0.635. The summed E-state index contributed by atoms with van der Waals surface area (Å²) in [7, 11) is 2.15. The van der Waals surface area contributed by atoms with Crippen molar-refractivity contribution in [2.75, 3.05) is 33.2 Å². The van der Waals surface area contributed by atoms with Crippen LogP contribution in [-0.4, -0.2) is 59.6 Å². The largest absolute Gasteiger partial charge is 0.352 e. The van der Waals surface area contributed by atoms with E-state index in [-0.39, 0.29) is 0 Å². The lowest BCUT2D eigenvalue weighted by molar-refractivity contribution is 0.213. The molecular weight excluding hydrogens is 318 g/mol. The molecule has 3 aliphatic heterocycles. The third-order valence-electron chi connectivity index (χ3n) is 3.78. The van der Waals surface area contributed by atoms with Gasteiger partial charge in [0.2, 0.25) is 0 Å². The molecule has 0 saturated carbocycles. The van der Waals surface area contributed by atoms with Crippen LogP contribution in [0.2, 0.25) is 0 Å². The number of nitrogens with zero attached hydrogens (tertiary/aromatic N) is 5. The number of hydrogen-bond acceptors (Lipinski definition) is 5. The maximum Gasteiger partial charge on any atom is 0.154 e. The average molecular weight is 336 g/mol. The molecule has 0 spiro atoms. The first-order valence-electron chi connectivity index (χ1n) is 6.70. The van der Waals surface area contributed by atoms with Gasteiger partial charge in [0.15, 0.2) is 5.84 Å². The van der Waals surface area contributed by atoms with Crippen LogP contribution in [0.3, 0.4) is 0 Å². The number of aliphatic imine (C=N–C) groups is 1. The van der Waals surface area contributed by atoms with E-state index in [2.05, 4.69) is 55.5 Å². The van der Waals surface area contributed by atoms with Gasteiger partial charge in [0.05, 0.1) is 11.9 Å². The van der Waals surface area contributed by atoms with Crippen LogP contribution in [0.5, 0.6) is 0 Å². The summed E-state index contributed by atoms with van der Waals surface area (Å²) in [6, 6.07) is 0. The van der Waals surface area contributed by atoms with Crippen molar-refractivity contribution in [3.05, 3.63) is 34.7 Å². The summed E-state index contributed by atoms with van der Waals surface area (Å²) in [5, 5.41) is 6.47. The molecule has 0 unspecified atom stereocenters. The third kappa shape index (κ3) is 2.33. The third-order valence-corrected chi connectivity index (χ3v) is 4.32. The van der Waals surface area contributed by atoms with Gasteiger partial charge in [-0.05, 0) is 41.6 Å². The van der Waals surface area contributed by atoms with E-state index in [0.29, 0.717) is 0 Å². The number of hydrazone groups is 1. The highest BCUT2D eigenvalue weighted by Crippen LogP contribution is 2.30. The standard InChI is InChI=1S/C14H18BrN5/c1-10-8-12-14(19-6-4-18(3)5-7-19)16-9-13(15)20(12)17-11(10)2/h8-9H,1,4-7H2,2-3H3. The molecule has 106 valence electrons. The fourth-order valence-corrected chi connectivity index (χ4v) is 2.79. The Morgan fingerprint density at radius 1 is 1.25 bits per heavy atom. The van der Waals surface area contributed by atoms with Gasteiger partial charge < -0.3 is 9.80 Å². The normalized spacial score (nSPS) is 23.9. The molecule has 0 aromatic carbocycles. The summed E-state index contributed by atoms with van der Waals surface area (Å²) in [6.45, 7) is 10.1. The van der Waals surface area contributed by atoms with Gasteiger partial charge in [-0.3, -0.25) is 0 Å². The van der Waals surface area contributed by atoms with Crippen LogP contribution in [0.25, 0.3) is 0 Å². The molecule has 0 aliphatic carbocycles. The lowest BCUT2D eigenvalue weighted by Gasteiger charge is -2.38. The predicted molar refractivity (Wildman–Crippen MR) is 85.7 cm³/mol. The fourth-order valence-electron chi connectivity index (χ4n) is 2.42. The van der Waals surface area contributed by atoms with Gasteiger partial charge in [0.1, 0.15) is 10.3 Å². The van der Waals surface area contributed by atoms with Crippen molar-refractivity contribution in [1.82, 2.24) is 14.8 Å². The smallest absolute Gasteiger partial charge is 0.154 e. The molecule has 0 amide bonds. The van der Waals surface area contributed by atoms with Crippen LogP contribution < -0.4 is 0 Å². The lowest BCUT2D eigenvalue weighted by Crippen LogP contribution is -2.49. The first kappa shape index (κ1) is 13.6. The topological polar surface area (TPSA) is 34.4 Å². The number of amidine groups is 1. The Morgan fingerprint density at radius 2 is 1.95 bits per heavy atom. The summed E-state index contributed by atoms with van der Waals surface area (Å²) < 4.78 is 0.855. The van der Waals surface area contributed by atoms with Gasteiger partial charge in [-0.15, -0.1) is 0 Å². The van der Waals surface area contributed by atoms with Crippen LogP contribution in [0.4, 0.5) is 0 Å². The van der Waals surface area contributed by atoms with E-state index < -0.39 is 0 Å². The van der Waals surface area contributed by atoms with Crippen molar-refractivity contribution in [2.24, 2.45) is 10.1 Å². The molecule has 3 aliphatic rings. The van der Waals surface area contributed by atoms with Crippen LogP contribution in [0, 0.1) is 0 Å². The molecule has 0 atom stereocenters. The molecule has 0 radical (unpaired) electrons. The van der Waals surface area contributed by atoms with Crippen LogP contribution in [0.1, 0.15) is 6.92 Å². The number of fused-ring (bicyclic) bond motifs is 1. The number of likely N-dealkylation sites (N-methyl/N-ethyl adjacent to an activating group) is 1. The second kappa shape index (κ2) is 5.18. The Kier molecular flexibility index (Phi) is 3.52. The zero-order valence-corrected chi connectivity index (χ0v) is 13.4. The van der Waals surface area contributed by atoms with Crippen LogP contribution in [-0.2, 0) is 0 Å². The molecular formula is C14H18BrN5. The molecule has 6 heteroatoms. The summed E-state index contributed by atoms with van der Waals surface area (Å²) in [5.41, 5.74) is 2.87. The van der Waals surface area contributed by atoms with E-state index in [1.807, 2.05) is 18.1 Å². The van der Waals surface area contributed by atoms with Gasteiger partial charge in [-0.2, -0.15) is 5.10 Å². The van der Waals surface area contributed by atoms with E-state index in [0.717, 1.165) is 53.6 Å². The van der Waals surface area contributed by atoms with Crippen molar-refractivity contribution in [3.8, 4) is 0 Å².